The van der Waals surface area contributed by atoms with Crippen molar-refractivity contribution in [2.45, 2.75) is 0 Å². The number of hydrogen-bond acceptors (Lipinski definition) is 7. The molecular formula is C19H19N5O6. The van der Waals surface area contributed by atoms with Crippen molar-refractivity contribution in [2.24, 2.45) is 0 Å². The SMILES string of the molecule is CN1CCN(C(=O)c2cccc(NC(=O)c3ccc([N+](=O)[O-])cc3[N+](=O)[O-])c2)CC1. The summed E-state index contributed by atoms with van der Waals surface area (Å²) in [6.07, 6.45) is 0. The maximum atomic E-state index is 12.7. The van der Waals surface area contributed by atoms with Gasteiger partial charge in [-0.05, 0) is 31.3 Å². The molecule has 156 valence electrons. The molecule has 0 spiro atoms. The molecule has 30 heavy (non-hydrogen) atoms. The zero-order valence-electron chi connectivity index (χ0n) is 16.1. The first-order valence-corrected chi connectivity index (χ1v) is 9.08. The van der Waals surface area contributed by atoms with Crippen LogP contribution < -0.4 is 5.32 Å². The molecule has 0 bridgehead atoms. The Hall–Kier alpha value is -3.86. The molecular weight excluding hydrogens is 394 g/mol. The zero-order valence-corrected chi connectivity index (χ0v) is 16.1. The van der Waals surface area contributed by atoms with Gasteiger partial charge < -0.3 is 15.1 Å². The largest absolute Gasteiger partial charge is 0.336 e. The first-order valence-electron chi connectivity index (χ1n) is 9.08. The number of nitro benzene ring substituents is 2. The van der Waals surface area contributed by atoms with E-state index in [0.717, 1.165) is 31.3 Å². The lowest BCUT2D eigenvalue weighted by molar-refractivity contribution is -0.394. The summed E-state index contributed by atoms with van der Waals surface area (Å²) in [4.78, 5) is 49.6. The van der Waals surface area contributed by atoms with E-state index in [9.17, 15) is 29.8 Å². The van der Waals surface area contributed by atoms with Crippen molar-refractivity contribution in [1.29, 1.82) is 0 Å². The van der Waals surface area contributed by atoms with Crippen LogP contribution in [0, 0.1) is 20.2 Å². The van der Waals surface area contributed by atoms with Crippen LogP contribution in [0.1, 0.15) is 20.7 Å². The molecule has 1 N–H and O–H groups in total. The summed E-state index contributed by atoms with van der Waals surface area (Å²) < 4.78 is 0. The third-order valence-electron chi connectivity index (χ3n) is 4.79. The van der Waals surface area contributed by atoms with Gasteiger partial charge in [0, 0.05) is 43.5 Å². The molecule has 1 heterocycles. The second-order valence-corrected chi connectivity index (χ2v) is 6.85. The Morgan fingerprint density at radius 1 is 0.967 bits per heavy atom. The molecule has 0 unspecified atom stereocenters. The average molecular weight is 413 g/mol. The van der Waals surface area contributed by atoms with Gasteiger partial charge in [0.25, 0.3) is 23.2 Å². The number of amides is 2. The van der Waals surface area contributed by atoms with Crippen LogP contribution >= 0.6 is 0 Å². The van der Waals surface area contributed by atoms with Crippen LogP contribution in [0.5, 0.6) is 0 Å². The molecule has 2 amide bonds. The summed E-state index contributed by atoms with van der Waals surface area (Å²) in [6, 6.07) is 9.07. The molecule has 0 atom stereocenters. The average Bonchev–Trinajstić information content (AvgIpc) is 2.73. The highest BCUT2D eigenvalue weighted by atomic mass is 16.6. The van der Waals surface area contributed by atoms with E-state index in [2.05, 4.69) is 10.2 Å². The van der Waals surface area contributed by atoms with Crippen molar-refractivity contribution < 1.29 is 19.4 Å². The molecule has 2 aromatic rings. The fourth-order valence-corrected chi connectivity index (χ4v) is 3.10. The van der Waals surface area contributed by atoms with E-state index in [1.807, 2.05) is 7.05 Å². The molecule has 11 nitrogen and oxygen atoms in total. The van der Waals surface area contributed by atoms with E-state index in [0.29, 0.717) is 18.7 Å². The van der Waals surface area contributed by atoms with E-state index in [4.69, 9.17) is 0 Å². The van der Waals surface area contributed by atoms with Crippen molar-refractivity contribution in [1.82, 2.24) is 9.80 Å². The van der Waals surface area contributed by atoms with Crippen molar-refractivity contribution in [2.75, 3.05) is 38.5 Å². The van der Waals surface area contributed by atoms with Gasteiger partial charge >= 0.3 is 0 Å². The minimum Gasteiger partial charge on any atom is -0.336 e. The summed E-state index contributed by atoms with van der Waals surface area (Å²) >= 11 is 0. The number of carbonyl (C=O) groups excluding carboxylic acids is 2. The van der Waals surface area contributed by atoms with Gasteiger partial charge in [0.05, 0.1) is 15.9 Å². The molecule has 1 fully saturated rings. The van der Waals surface area contributed by atoms with Gasteiger partial charge in [0.1, 0.15) is 5.56 Å². The molecule has 1 aliphatic rings. The normalized spacial score (nSPS) is 14.2. The van der Waals surface area contributed by atoms with Gasteiger partial charge in [-0.25, -0.2) is 0 Å². The van der Waals surface area contributed by atoms with Crippen LogP contribution in [0.4, 0.5) is 17.1 Å². The summed E-state index contributed by atoms with van der Waals surface area (Å²) in [5.74, 6) is -0.971. The van der Waals surface area contributed by atoms with Gasteiger partial charge in [-0.15, -0.1) is 0 Å². The van der Waals surface area contributed by atoms with E-state index in [1.165, 1.54) is 6.07 Å². The minimum atomic E-state index is -0.852. The molecule has 0 radical (unpaired) electrons. The number of anilines is 1. The summed E-state index contributed by atoms with van der Waals surface area (Å²) in [5, 5.41) is 24.6. The predicted octanol–water partition coefficient (Wildman–Crippen LogP) is 2.14. The topological polar surface area (TPSA) is 139 Å². The Morgan fingerprint density at radius 2 is 1.67 bits per heavy atom. The fraction of sp³-hybridized carbons (Fsp3) is 0.263. The number of nitrogens with zero attached hydrogens (tertiary/aromatic N) is 4. The molecule has 0 saturated carbocycles. The molecule has 1 saturated heterocycles. The van der Waals surface area contributed by atoms with Crippen molar-refractivity contribution in [3.05, 3.63) is 73.8 Å². The lowest BCUT2D eigenvalue weighted by atomic mass is 10.1. The lowest BCUT2D eigenvalue weighted by Gasteiger charge is -2.32. The Kier molecular flexibility index (Phi) is 6.02. The van der Waals surface area contributed by atoms with E-state index < -0.39 is 27.1 Å². The lowest BCUT2D eigenvalue weighted by Crippen LogP contribution is -2.47. The minimum absolute atomic E-state index is 0.166. The van der Waals surface area contributed by atoms with Crippen molar-refractivity contribution in [3.8, 4) is 0 Å². The first-order chi connectivity index (χ1) is 14.3. The van der Waals surface area contributed by atoms with Crippen LogP contribution in [0.25, 0.3) is 0 Å². The quantitative estimate of drug-likeness (QED) is 0.585. The number of hydrogen-bond donors (Lipinski definition) is 1. The van der Waals surface area contributed by atoms with Gasteiger partial charge in [-0.3, -0.25) is 29.8 Å². The van der Waals surface area contributed by atoms with Crippen LogP contribution in [0.3, 0.4) is 0 Å². The summed E-state index contributed by atoms with van der Waals surface area (Å²) in [6.45, 7) is 2.74. The zero-order chi connectivity index (χ0) is 21.8. The molecule has 1 aliphatic heterocycles. The monoisotopic (exact) mass is 413 g/mol. The maximum Gasteiger partial charge on any atom is 0.289 e. The number of non-ortho nitro benzene ring substituents is 1. The van der Waals surface area contributed by atoms with E-state index >= 15 is 0 Å². The highest BCUT2D eigenvalue weighted by Gasteiger charge is 2.25. The number of rotatable bonds is 5. The number of nitrogens with one attached hydrogen (secondary N) is 1. The molecule has 0 aromatic heterocycles. The number of benzene rings is 2. The highest BCUT2D eigenvalue weighted by Crippen LogP contribution is 2.25. The Morgan fingerprint density at radius 3 is 2.30 bits per heavy atom. The van der Waals surface area contributed by atoms with E-state index in [1.54, 1.807) is 23.1 Å². The summed E-state index contributed by atoms with van der Waals surface area (Å²) in [7, 11) is 1.98. The second kappa shape index (κ2) is 8.66. The van der Waals surface area contributed by atoms with Gasteiger partial charge in [-0.1, -0.05) is 6.07 Å². The third-order valence-corrected chi connectivity index (χ3v) is 4.79. The Labute approximate surface area is 171 Å². The number of carbonyl (C=O) groups is 2. The number of nitro groups is 2. The smallest absolute Gasteiger partial charge is 0.289 e. The first kappa shape index (κ1) is 20.9. The molecule has 2 aromatic carbocycles. The van der Waals surface area contributed by atoms with Crippen LogP contribution in [-0.2, 0) is 0 Å². The van der Waals surface area contributed by atoms with E-state index in [-0.39, 0.29) is 17.2 Å². The third kappa shape index (κ3) is 4.58. The van der Waals surface area contributed by atoms with Gasteiger partial charge in [0.15, 0.2) is 0 Å². The summed E-state index contributed by atoms with van der Waals surface area (Å²) in [5.41, 5.74) is -0.811. The van der Waals surface area contributed by atoms with Crippen molar-refractivity contribution >= 4 is 28.9 Å². The second-order valence-electron chi connectivity index (χ2n) is 6.85. The van der Waals surface area contributed by atoms with Crippen LogP contribution in [0.2, 0.25) is 0 Å². The van der Waals surface area contributed by atoms with Crippen molar-refractivity contribution in [3.63, 3.8) is 0 Å². The molecule has 3 rings (SSSR count). The van der Waals surface area contributed by atoms with Crippen LogP contribution in [-0.4, -0.2) is 64.7 Å². The molecule has 11 heteroatoms. The Balaban J connectivity index is 1.79. The predicted molar refractivity (Wildman–Crippen MR) is 108 cm³/mol. The number of piperazine rings is 1. The standard InChI is InChI=1S/C19H19N5O6/c1-21-7-9-22(10-8-21)19(26)13-3-2-4-14(11-13)20-18(25)16-6-5-15(23(27)28)12-17(16)24(29)30/h2-6,11-12H,7-10H2,1H3,(H,20,25). The van der Waals surface area contributed by atoms with Gasteiger partial charge in [-0.2, -0.15) is 0 Å². The Bertz CT molecular complexity index is 1020. The van der Waals surface area contributed by atoms with Crippen LogP contribution in [0.15, 0.2) is 42.5 Å². The maximum absolute atomic E-state index is 12.7. The number of likely N-dealkylation sites (N-methyl/N-ethyl adjacent to an activating group) is 1. The highest BCUT2D eigenvalue weighted by molar-refractivity contribution is 6.07. The van der Waals surface area contributed by atoms with Gasteiger partial charge in [0.2, 0.25) is 0 Å². The molecule has 0 aliphatic carbocycles. The fourth-order valence-electron chi connectivity index (χ4n) is 3.10.